The van der Waals surface area contributed by atoms with Gasteiger partial charge in [0.05, 0.1) is 17.5 Å². The van der Waals surface area contributed by atoms with E-state index in [4.69, 9.17) is 0 Å². The SMILES string of the molecule is Cc1cc(C(O)Cc2c(C)cccc2C)n(C)n1. The van der Waals surface area contributed by atoms with Crippen molar-refractivity contribution < 1.29 is 5.11 Å². The first-order valence-corrected chi connectivity index (χ1v) is 6.22. The lowest BCUT2D eigenvalue weighted by Crippen LogP contribution is -2.09. The number of benzene rings is 1. The average molecular weight is 244 g/mol. The fourth-order valence-corrected chi connectivity index (χ4v) is 2.41. The number of aryl methyl sites for hydroxylation is 4. The van der Waals surface area contributed by atoms with Crippen LogP contribution in [-0.2, 0) is 13.5 Å². The molecule has 1 heterocycles. The van der Waals surface area contributed by atoms with E-state index < -0.39 is 6.10 Å². The van der Waals surface area contributed by atoms with Gasteiger partial charge < -0.3 is 5.11 Å². The predicted octanol–water partition coefficient (Wildman–Crippen LogP) is 2.62. The van der Waals surface area contributed by atoms with E-state index in [0.29, 0.717) is 6.42 Å². The van der Waals surface area contributed by atoms with Crippen LogP contribution in [0.1, 0.15) is 34.2 Å². The molecule has 1 unspecified atom stereocenters. The standard InChI is InChI=1S/C15H20N2O/c1-10-6-5-7-11(2)13(10)9-15(18)14-8-12(3)16-17(14)4/h5-8,15,18H,9H2,1-4H3. The normalized spacial score (nSPS) is 12.7. The van der Waals surface area contributed by atoms with Crippen LogP contribution < -0.4 is 0 Å². The zero-order valence-corrected chi connectivity index (χ0v) is 11.4. The van der Waals surface area contributed by atoms with Gasteiger partial charge in [-0.3, -0.25) is 4.68 Å². The molecule has 0 bridgehead atoms. The Morgan fingerprint density at radius 3 is 2.33 bits per heavy atom. The van der Waals surface area contributed by atoms with Gasteiger partial charge in [0, 0.05) is 13.5 Å². The molecule has 96 valence electrons. The minimum atomic E-state index is -0.504. The summed E-state index contributed by atoms with van der Waals surface area (Å²) in [5.41, 5.74) is 5.49. The summed E-state index contributed by atoms with van der Waals surface area (Å²) in [5, 5.41) is 14.6. The second kappa shape index (κ2) is 4.94. The lowest BCUT2D eigenvalue weighted by Gasteiger charge is -2.15. The Labute approximate surface area is 108 Å². The Morgan fingerprint density at radius 1 is 1.22 bits per heavy atom. The number of rotatable bonds is 3. The Morgan fingerprint density at radius 2 is 1.83 bits per heavy atom. The average Bonchev–Trinajstić information content (AvgIpc) is 2.63. The van der Waals surface area contributed by atoms with Crippen molar-refractivity contribution in [1.29, 1.82) is 0 Å². The number of aliphatic hydroxyl groups is 1. The molecule has 1 N–H and O–H groups in total. The van der Waals surface area contributed by atoms with Crippen molar-refractivity contribution >= 4 is 0 Å². The third-order valence-electron chi connectivity index (χ3n) is 3.42. The number of hydrogen-bond donors (Lipinski definition) is 1. The van der Waals surface area contributed by atoms with Crippen molar-refractivity contribution in [3.63, 3.8) is 0 Å². The van der Waals surface area contributed by atoms with E-state index in [0.717, 1.165) is 11.4 Å². The summed E-state index contributed by atoms with van der Waals surface area (Å²) >= 11 is 0. The van der Waals surface area contributed by atoms with E-state index in [-0.39, 0.29) is 0 Å². The highest BCUT2D eigenvalue weighted by atomic mass is 16.3. The first-order chi connectivity index (χ1) is 8.49. The van der Waals surface area contributed by atoms with E-state index in [2.05, 4.69) is 37.1 Å². The van der Waals surface area contributed by atoms with E-state index in [1.54, 1.807) is 4.68 Å². The topological polar surface area (TPSA) is 38.0 Å². The molecule has 0 saturated carbocycles. The summed E-state index contributed by atoms with van der Waals surface area (Å²) in [6.45, 7) is 6.11. The predicted molar refractivity (Wildman–Crippen MR) is 72.5 cm³/mol. The summed E-state index contributed by atoms with van der Waals surface area (Å²) < 4.78 is 1.76. The number of aromatic nitrogens is 2. The van der Waals surface area contributed by atoms with Crippen LogP contribution in [0.25, 0.3) is 0 Å². The van der Waals surface area contributed by atoms with Crippen LogP contribution in [0, 0.1) is 20.8 Å². The second-order valence-electron chi connectivity index (χ2n) is 4.92. The monoisotopic (exact) mass is 244 g/mol. The van der Waals surface area contributed by atoms with E-state index in [1.807, 2.05) is 20.0 Å². The van der Waals surface area contributed by atoms with Crippen molar-refractivity contribution in [1.82, 2.24) is 9.78 Å². The Bertz CT molecular complexity index is 537. The van der Waals surface area contributed by atoms with Gasteiger partial charge >= 0.3 is 0 Å². The highest BCUT2D eigenvalue weighted by molar-refractivity contribution is 5.34. The fraction of sp³-hybridized carbons (Fsp3) is 0.400. The van der Waals surface area contributed by atoms with Gasteiger partial charge in [0.1, 0.15) is 0 Å². The van der Waals surface area contributed by atoms with Gasteiger partial charge in [-0.1, -0.05) is 18.2 Å². The van der Waals surface area contributed by atoms with Crippen LogP contribution in [0.2, 0.25) is 0 Å². The Hall–Kier alpha value is -1.61. The molecule has 0 fully saturated rings. The number of aliphatic hydroxyl groups excluding tert-OH is 1. The molecule has 0 spiro atoms. The van der Waals surface area contributed by atoms with Gasteiger partial charge in [-0.2, -0.15) is 5.10 Å². The molecule has 2 rings (SSSR count). The summed E-state index contributed by atoms with van der Waals surface area (Å²) in [7, 11) is 1.87. The van der Waals surface area contributed by atoms with Crippen molar-refractivity contribution in [2.24, 2.45) is 7.05 Å². The molecular formula is C15H20N2O. The summed E-state index contributed by atoms with van der Waals surface area (Å²) in [5.74, 6) is 0. The lowest BCUT2D eigenvalue weighted by atomic mass is 9.96. The number of hydrogen-bond acceptors (Lipinski definition) is 2. The zero-order valence-electron chi connectivity index (χ0n) is 11.4. The molecule has 1 atom stereocenters. The molecule has 0 amide bonds. The molecule has 0 aliphatic heterocycles. The highest BCUT2D eigenvalue weighted by Crippen LogP contribution is 2.23. The smallest absolute Gasteiger partial charge is 0.0997 e. The van der Waals surface area contributed by atoms with Crippen LogP contribution in [-0.4, -0.2) is 14.9 Å². The third-order valence-corrected chi connectivity index (χ3v) is 3.42. The van der Waals surface area contributed by atoms with E-state index in [9.17, 15) is 5.11 Å². The first kappa shape index (κ1) is 12.8. The molecule has 18 heavy (non-hydrogen) atoms. The Kier molecular flexibility index (Phi) is 3.53. The van der Waals surface area contributed by atoms with Gasteiger partial charge in [-0.05, 0) is 43.5 Å². The molecule has 1 aromatic carbocycles. The molecule has 0 aliphatic carbocycles. The summed E-state index contributed by atoms with van der Waals surface area (Å²) in [6, 6.07) is 8.17. The Balaban J connectivity index is 2.26. The van der Waals surface area contributed by atoms with Gasteiger partial charge in [0.15, 0.2) is 0 Å². The molecule has 3 heteroatoms. The summed E-state index contributed by atoms with van der Waals surface area (Å²) in [6.07, 6.45) is 0.133. The molecule has 0 aliphatic rings. The van der Waals surface area contributed by atoms with Gasteiger partial charge in [0.25, 0.3) is 0 Å². The van der Waals surface area contributed by atoms with Crippen molar-refractivity contribution in [3.8, 4) is 0 Å². The van der Waals surface area contributed by atoms with E-state index >= 15 is 0 Å². The minimum absolute atomic E-state index is 0.504. The van der Waals surface area contributed by atoms with Crippen molar-refractivity contribution in [2.45, 2.75) is 33.3 Å². The van der Waals surface area contributed by atoms with Crippen LogP contribution in [0.15, 0.2) is 24.3 Å². The maximum absolute atomic E-state index is 10.4. The molecule has 2 aromatic rings. The van der Waals surface area contributed by atoms with Crippen molar-refractivity contribution in [2.75, 3.05) is 0 Å². The first-order valence-electron chi connectivity index (χ1n) is 6.22. The lowest BCUT2D eigenvalue weighted by molar-refractivity contribution is 0.168. The highest BCUT2D eigenvalue weighted by Gasteiger charge is 2.15. The van der Waals surface area contributed by atoms with Crippen LogP contribution in [0.5, 0.6) is 0 Å². The van der Waals surface area contributed by atoms with Crippen molar-refractivity contribution in [3.05, 3.63) is 52.3 Å². The molecule has 0 radical (unpaired) electrons. The number of nitrogens with zero attached hydrogens (tertiary/aromatic N) is 2. The zero-order chi connectivity index (χ0) is 13.3. The maximum atomic E-state index is 10.4. The van der Waals surface area contributed by atoms with Crippen LogP contribution >= 0.6 is 0 Å². The maximum Gasteiger partial charge on any atom is 0.0997 e. The third kappa shape index (κ3) is 2.46. The van der Waals surface area contributed by atoms with Crippen LogP contribution in [0.3, 0.4) is 0 Å². The second-order valence-corrected chi connectivity index (χ2v) is 4.92. The van der Waals surface area contributed by atoms with Gasteiger partial charge in [-0.15, -0.1) is 0 Å². The fourth-order valence-electron chi connectivity index (χ4n) is 2.41. The van der Waals surface area contributed by atoms with Gasteiger partial charge in [-0.25, -0.2) is 0 Å². The van der Waals surface area contributed by atoms with Crippen LogP contribution in [0.4, 0.5) is 0 Å². The van der Waals surface area contributed by atoms with Gasteiger partial charge in [0.2, 0.25) is 0 Å². The molecular weight excluding hydrogens is 224 g/mol. The minimum Gasteiger partial charge on any atom is -0.386 e. The molecule has 3 nitrogen and oxygen atoms in total. The summed E-state index contributed by atoms with van der Waals surface area (Å²) in [4.78, 5) is 0. The molecule has 1 aromatic heterocycles. The molecule has 0 saturated heterocycles. The van der Waals surface area contributed by atoms with E-state index in [1.165, 1.54) is 16.7 Å². The quantitative estimate of drug-likeness (QED) is 0.901. The largest absolute Gasteiger partial charge is 0.386 e.